The van der Waals surface area contributed by atoms with Gasteiger partial charge in [-0.25, -0.2) is 0 Å². The minimum absolute atomic E-state index is 0.221. The lowest BCUT2D eigenvalue weighted by molar-refractivity contribution is 0.157. The Morgan fingerprint density at radius 3 is 2.62 bits per heavy atom. The minimum atomic E-state index is 0.221. The van der Waals surface area contributed by atoms with Crippen molar-refractivity contribution in [2.75, 3.05) is 6.54 Å². The minimum Gasteiger partial charge on any atom is -0.310 e. The highest BCUT2D eigenvalue weighted by atomic mass is 15.3. The number of rotatable bonds is 3. The summed E-state index contributed by atoms with van der Waals surface area (Å²) in [6.07, 6.45) is 12.6. The molecule has 118 valence electrons. The van der Waals surface area contributed by atoms with E-state index < -0.39 is 0 Å². The molecule has 1 unspecified atom stereocenters. The van der Waals surface area contributed by atoms with Gasteiger partial charge in [-0.1, -0.05) is 40.0 Å². The summed E-state index contributed by atoms with van der Waals surface area (Å²) >= 11 is 0. The Morgan fingerprint density at radius 2 is 2.00 bits per heavy atom. The van der Waals surface area contributed by atoms with Crippen LogP contribution in [0.4, 0.5) is 0 Å². The predicted molar refractivity (Wildman–Crippen MR) is 87.5 cm³/mol. The molecule has 21 heavy (non-hydrogen) atoms. The second-order valence-corrected chi connectivity index (χ2v) is 8.12. The summed E-state index contributed by atoms with van der Waals surface area (Å²) in [5, 5.41) is 8.73. The molecular weight excluding hydrogens is 258 g/mol. The standard InChI is InChI=1S/C18H31N3/c1-17(2,3)18(11-7-12-19-18)14-15-10-13-21(20-15)16-8-5-4-6-9-16/h10,13,16,19H,4-9,11-12,14H2,1-3H3. The van der Waals surface area contributed by atoms with Gasteiger partial charge in [-0.2, -0.15) is 5.10 Å². The molecule has 0 bridgehead atoms. The molecule has 3 heteroatoms. The summed E-state index contributed by atoms with van der Waals surface area (Å²) in [5.74, 6) is 0. The zero-order chi connectivity index (χ0) is 14.9. The van der Waals surface area contributed by atoms with Gasteiger partial charge in [0.25, 0.3) is 0 Å². The van der Waals surface area contributed by atoms with Gasteiger partial charge in [-0.05, 0) is 43.7 Å². The van der Waals surface area contributed by atoms with E-state index in [1.807, 2.05) is 0 Å². The van der Waals surface area contributed by atoms with Crippen molar-refractivity contribution in [2.24, 2.45) is 5.41 Å². The Morgan fingerprint density at radius 1 is 1.24 bits per heavy atom. The lowest BCUT2D eigenvalue weighted by Crippen LogP contribution is -2.52. The number of aromatic nitrogens is 2. The van der Waals surface area contributed by atoms with Gasteiger partial charge in [0, 0.05) is 18.2 Å². The summed E-state index contributed by atoms with van der Waals surface area (Å²) in [5.41, 5.74) is 1.77. The van der Waals surface area contributed by atoms with Crippen molar-refractivity contribution in [3.8, 4) is 0 Å². The Hall–Kier alpha value is -0.830. The van der Waals surface area contributed by atoms with Crippen LogP contribution in [-0.4, -0.2) is 21.9 Å². The first kappa shape index (κ1) is 15.1. The molecule has 2 fully saturated rings. The zero-order valence-corrected chi connectivity index (χ0v) is 14.0. The monoisotopic (exact) mass is 289 g/mol. The van der Waals surface area contributed by atoms with Crippen LogP contribution in [0.5, 0.6) is 0 Å². The summed E-state index contributed by atoms with van der Waals surface area (Å²) in [6.45, 7) is 8.25. The molecule has 1 atom stereocenters. The number of hydrogen-bond donors (Lipinski definition) is 1. The lowest BCUT2D eigenvalue weighted by Gasteiger charge is -2.42. The second-order valence-electron chi connectivity index (χ2n) is 8.12. The maximum atomic E-state index is 4.93. The Balaban J connectivity index is 1.74. The maximum Gasteiger partial charge on any atom is 0.0643 e. The fourth-order valence-corrected chi connectivity index (χ4v) is 4.19. The first-order valence-corrected chi connectivity index (χ1v) is 8.79. The summed E-state index contributed by atoms with van der Waals surface area (Å²) in [4.78, 5) is 0. The molecule has 0 spiro atoms. The molecular formula is C18H31N3. The van der Waals surface area contributed by atoms with Crippen LogP contribution in [0.3, 0.4) is 0 Å². The van der Waals surface area contributed by atoms with E-state index in [4.69, 9.17) is 5.10 Å². The molecule has 1 aliphatic heterocycles. The Labute approximate surface area is 129 Å². The summed E-state index contributed by atoms with van der Waals surface area (Å²) < 4.78 is 2.25. The van der Waals surface area contributed by atoms with Crippen molar-refractivity contribution in [1.82, 2.24) is 15.1 Å². The Bertz CT molecular complexity index is 457. The van der Waals surface area contributed by atoms with E-state index in [-0.39, 0.29) is 11.0 Å². The van der Waals surface area contributed by atoms with Gasteiger partial charge in [0.05, 0.1) is 11.7 Å². The van der Waals surface area contributed by atoms with Gasteiger partial charge in [0.1, 0.15) is 0 Å². The number of nitrogens with zero attached hydrogens (tertiary/aromatic N) is 2. The quantitative estimate of drug-likeness (QED) is 0.908. The maximum absolute atomic E-state index is 4.93. The van der Waals surface area contributed by atoms with Gasteiger partial charge in [0.15, 0.2) is 0 Å². The third-order valence-corrected chi connectivity index (χ3v) is 5.77. The third kappa shape index (κ3) is 3.03. The summed E-state index contributed by atoms with van der Waals surface area (Å²) in [7, 11) is 0. The fourth-order valence-electron chi connectivity index (χ4n) is 4.19. The zero-order valence-electron chi connectivity index (χ0n) is 14.0. The van der Waals surface area contributed by atoms with Crippen molar-refractivity contribution in [3.63, 3.8) is 0 Å². The first-order valence-electron chi connectivity index (χ1n) is 8.79. The molecule has 0 aromatic carbocycles. The fraction of sp³-hybridized carbons (Fsp3) is 0.833. The Kier molecular flexibility index (Phi) is 4.13. The lowest BCUT2D eigenvalue weighted by atomic mass is 9.70. The van der Waals surface area contributed by atoms with Gasteiger partial charge < -0.3 is 5.32 Å². The van der Waals surface area contributed by atoms with Gasteiger partial charge in [-0.3, -0.25) is 4.68 Å². The molecule has 2 heterocycles. The molecule has 1 N–H and O–H groups in total. The van der Waals surface area contributed by atoms with E-state index in [9.17, 15) is 0 Å². The van der Waals surface area contributed by atoms with Crippen LogP contribution in [0, 0.1) is 5.41 Å². The van der Waals surface area contributed by atoms with Crippen molar-refractivity contribution < 1.29 is 0 Å². The van der Waals surface area contributed by atoms with Crippen LogP contribution >= 0.6 is 0 Å². The van der Waals surface area contributed by atoms with E-state index >= 15 is 0 Å². The van der Waals surface area contributed by atoms with Crippen LogP contribution < -0.4 is 5.32 Å². The van der Waals surface area contributed by atoms with E-state index in [0.29, 0.717) is 6.04 Å². The van der Waals surface area contributed by atoms with E-state index in [1.54, 1.807) is 0 Å². The largest absolute Gasteiger partial charge is 0.310 e. The molecule has 1 aliphatic carbocycles. The number of nitrogens with one attached hydrogen (secondary N) is 1. The van der Waals surface area contributed by atoms with Crippen molar-refractivity contribution in [3.05, 3.63) is 18.0 Å². The predicted octanol–water partition coefficient (Wildman–Crippen LogP) is 4.10. The highest BCUT2D eigenvalue weighted by molar-refractivity contribution is 5.12. The van der Waals surface area contributed by atoms with Crippen LogP contribution in [0.2, 0.25) is 0 Å². The molecule has 2 aliphatic rings. The van der Waals surface area contributed by atoms with Crippen molar-refractivity contribution in [2.45, 2.75) is 83.7 Å². The second kappa shape index (κ2) is 5.75. The van der Waals surface area contributed by atoms with Crippen LogP contribution in [0.1, 0.15) is 77.5 Å². The molecule has 1 aromatic heterocycles. The van der Waals surface area contributed by atoms with Gasteiger partial charge in [0.2, 0.25) is 0 Å². The molecule has 1 saturated carbocycles. The van der Waals surface area contributed by atoms with E-state index in [1.165, 1.54) is 50.6 Å². The third-order valence-electron chi connectivity index (χ3n) is 5.77. The average Bonchev–Trinajstić information content (AvgIpc) is 3.10. The van der Waals surface area contributed by atoms with Crippen molar-refractivity contribution in [1.29, 1.82) is 0 Å². The SMILES string of the molecule is CC(C)(C)C1(Cc2ccn(C3CCCCC3)n2)CCCN1. The smallest absolute Gasteiger partial charge is 0.0643 e. The molecule has 0 radical (unpaired) electrons. The molecule has 0 amide bonds. The topological polar surface area (TPSA) is 29.9 Å². The van der Waals surface area contributed by atoms with Crippen molar-refractivity contribution >= 4 is 0 Å². The van der Waals surface area contributed by atoms with Gasteiger partial charge in [-0.15, -0.1) is 0 Å². The number of hydrogen-bond acceptors (Lipinski definition) is 2. The normalized spacial score (nSPS) is 28.1. The van der Waals surface area contributed by atoms with E-state index in [0.717, 1.165) is 13.0 Å². The van der Waals surface area contributed by atoms with E-state index in [2.05, 4.69) is 43.0 Å². The molecule has 3 nitrogen and oxygen atoms in total. The molecule has 3 rings (SSSR count). The molecule has 1 saturated heterocycles. The highest BCUT2D eigenvalue weighted by Gasteiger charge is 2.44. The summed E-state index contributed by atoms with van der Waals surface area (Å²) in [6, 6.07) is 2.90. The van der Waals surface area contributed by atoms with Crippen LogP contribution in [0.15, 0.2) is 12.3 Å². The van der Waals surface area contributed by atoms with Crippen LogP contribution in [-0.2, 0) is 6.42 Å². The highest BCUT2D eigenvalue weighted by Crippen LogP contribution is 2.39. The first-order chi connectivity index (χ1) is 10.0. The van der Waals surface area contributed by atoms with Crippen LogP contribution in [0.25, 0.3) is 0 Å². The molecule has 1 aromatic rings. The average molecular weight is 289 g/mol. The van der Waals surface area contributed by atoms with Gasteiger partial charge >= 0.3 is 0 Å².